The van der Waals surface area contributed by atoms with Crippen molar-refractivity contribution >= 4 is 28.5 Å². The van der Waals surface area contributed by atoms with E-state index in [9.17, 15) is 4.79 Å². The number of ether oxygens (including phenoxy) is 3. The number of halogens is 1. The van der Waals surface area contributed by atoms with Gasteiger partial charge in [-0.25, -0.2) is 4.79 Å². The summed E-state index contributed by atoms with van der Waals surface area (Å²) in [5, 5.41) is 1.20. The van der Waals surface area contributed by atoms with Crippen LogP contribution in [0.25, 0.3) is 10.9 Å². The first-order valence-electron chi connectivity index (χ1n) is 6.48. The van der Waals surface area contributed by atoms with Crippen LogP contribution in [0.2, 0.25) is 5.02 Å². The van der Waals surface area contributed by atoms with Gasteiger partial charge in [-0.05, 0) is 26.0 Å². The second kappa shape index (κ2) is 6.63. The van der Waals surface area contributed by atoms with Gasteiger partial charge in [0.25, 0.3) is 0 Å². The van der Waals surface area contributed by atoms with Gasteiger partial charge in [-0.1, -0.05) is 11.6 Å². The fraction of sp³-hybridized carbons (Fsp3) is 0.333. The van der Waals surface area contributed by atoms with E-state index in [1.54, 1.807) is 25.1 Å². The summed E-state index contributed by atoms with van der Waals surface area (Å²) in [7, 11) is 1.54. The Morgan fingerprint density at radius 2 is 2.05 bits per heavy atom. The molecule has 0 atom stereocenters. The van der Waals surface area contributed by atoms with Crippen molar-refractivity contribution in [2.45, 2.75) is 13.8 Å². The quantitative estimate of drug-likeness (QED) is 0.794. The standard InChI is InChI=1S/C15H16ClNO4/c1-4-20-15(18)8-21-13-5-9(2)17-12-7-11(16)14(19-3)6-10(12)13/h5-7H,4,8H2,1-3H3. The number of benzene rings is 1. The smallest absolute Gasteiger partial charge is 0.344 e. The average molecular weight is 310 g/mol. The number of nitrogens with zero attached hydrogens (tertiary/aromatic N) is 1. The third-order valence-electron chi connectivity index (χ3n) is 2.82. The van der Waals surface area contributed by atoms with E-state index in [2.05, 4.69) is 4.98 Å². The molecule has 5 nitrogen and oxygen atoms in total. The molecule has 2 aromatic rings. The van der Waals surface area contributed by atoms with Crippen molar-refractivity contribution in [1.82, 2.24) is 4.98 Å². The number of carbonyl (C=O) groups is 1. The van der Waals surface area contributed by atoms with Crippen LogP contribution in [0.4, 0.5) is 0 Å². The van der Waals surface area contributed by atoms with E-state index >= 15 is 0 Å². The van der Waals surface area contributed by atoms with Gasteiger partial charge in [0, 0.05) is 17.1 Å². The lowest BCUT2D eigenvalue weighted by atomic mass is 10.1. The Bertz CT molecular complexity index is 672. The number of methoxy groups -OCH3 is 1. The SMILES string of the molecule is CCOC(=O)COc1cc(C)nc2cc(Cl)c(OC)cc12. The van der Waals surface area contributed by atoms with Crippen molar-refractivity contribution < 1.29 is 19.0 Å². The van der Waals surface area contributed by atoms with Crippen LogP contribution in [0, 0.1) is 6.92 Å². The second-order valence-corrected chi connectivity index (χ2v) is 4.77. The van der Waals surface area contributed by atoms with Gasteiger partial charge in [0.2, 0.25) is 0 Å². The largest absolute Gasteiger partial charge is 0.495 e. The molecule has 1 aromatic carbocycles. The predicted octanol–water partition coefficient (Wildman–Crippen LogP) is 3.15. The number of esters is 1. The molecule has 0 amide bonds. The lowest BCUT2D eigenvalue weighted by molar-refractivity contribution is -0.145. The Morgan fingerprint density at radius 3 is 2.71 bits per heavy atom. The zero-order valence-corrected chi connectivity index (χ0v) is 12.9. The molecule has 21 heavy (non-hydrogen) atoms. The molecule has 2 rings (SSSR count). The van der Waals surface area contributed by atoms with Gasteiger partial charge in [0.05, 0.1) is 24.3 Å². The van der Waals surface area contributed by atoms with Crippen molar-refractivity contribution in [3.05, 3.63) is 28.9 Å². The normalized spacial score (nSPS) is 10.5. The number of carbonyl (C=O) groups excluding carboxylic acids is 1. The maximum atomic E-state index is 11.4. The minimum atomic E-state index is -0.416. The summed E-state index contributed by atoms with van der Waals surface area (Å²) >= 11 is 6.10. The third-order valence-corrected chi connectivity index (χ3v) is 3.12. The van der Waals surface area contributed by atoms with Crippen molar-refractivity contribution in [3.63, 3.8) is 0 Å². The Hall–Kier alpha value is -2.01. The molecule has 112 valence electrons. The first-order chi connectivity index (χ1) is 10.0. The molecule has 1 heterocycles. The van der Waals surface area contributed by atoms with E-state index in [4.69, 9.17) is 25.8 Å². The number of aryl methyl sites for hydroxylation is 1. The monoisotopic (exact) mass is 309 g/mol. The van der Waals surface area contributed by atoms with Gasteiger partial charge in [0.1, 0.15) is 11.5 Å². The average Bonchev–Trinajstić information content (AvgIpc) is 2.44. The zero-order chi connectivity index (χ0) is 15.4. The summed E-state index contributed by atoms with van der Waals surface area (Å²) in [6.07, 6.45) is 0. The molecule has 0 spiro atoms. The zero-order valence-electron chi connectivity index (χ0n) is 12.1. The topological polar surface area (TPSA) is 57.7 Å². The molecular formula is C15H16ClNO4. The molecule has 0 fully saturated rings. The molecule has 0 saturated heterocycles. The van der Waals surface area contributed by atoms with Crippen LogP contribution in [0.1, 0.15) is 12.6 Å². The first kappa shape index (κ1) is 15.4. The van der Waals surface area contributed by atoms with E-state index in [-0.39, 0.29) is 6.61 Å². The second-order valence-electron chi connectivity index (χ2n) is 4.36. The van der Waals surface area contributed by atoms with E-state index in [0.717, 1.165) is 11.1 Å². The summed E-state index contributed by atoms with van der Waals surface area (Å²) in [5.41, 5.74) is 1.45. The molecule has 1 aromatic heterocycles. The molecule has 0 bridgehead atoms. The highest BCUT2D eigenvalue weighted by Gasteiger charge is 2.12. The molecule has 0 unspecified atom stereocenters. The van der Waals surface area contributed by atoms with Crippen LogP contribution in [0.15, 0.2) is 18.2 Å². The lowest BCUT2D eigenvalue weighted by Crippen LogP contribution is -2.14. The van der Waals surface area contributed by atoms with Crippen LogP contribution in [-0.2, 0) is 9.53 Å². The summed E-state index contributed by atoms with van der Waals surface area (Å²) in [6, 6.07) is 5.21. The number of aromatic nitrogens is 1. The summed E-state index contributed by atoms with van der Waals surface area (Å²) in [6.45, 7) is 3.75. The molecule has 0 aliphatic heterocycles. The Balaban J connectivity index is 2.39. The van der Waals surface area contributed by atoms with E-state index < -0.39 is 5.97 Å². The van der Waals surface area contributed by atoms with Crippen LogP contribution in [0.3, 0.4) is 0 Å². The van der Waals surface area contributed by atoms with Gasteiger partial charge in [0.15, 0.2) is 6.61 Å². The summed E-state index contributed by atoms with van der Waals surface area (Å²) in [5.74, 6) is 0.650. The van der Waals surface area contributed by atoms with Crippen molar-refractivity contribution in [2.75, 3.05) is 20.3 Å². The maximum Gasteiger partial charge on any atom is 0.344 e. The third kappa shape index (κ3) is 3.55. The first-order valence-corrected chi connectivity index (χ1v) is 6.86. The summed E-state index contributed by atoms with van der Waals surface area (Å²) in [4.78, 5) is 15.8. The number of fused-ring (bicyclic) bond motifs is 1. The molecule has 0 N–H and O–H groups in total. The van der Waals surface area contributed by atoms with Gasteiger partial charge in [-0.2, -0.15) is 0 Å². The number of rotatable bonds is 5. The summed E-state index contributed by atoms with van der Waals surface area (Å²) < 4.78 is 15.6. The molecule has 0 saturated carbocycles. The highest BCUT2D eigenvalue weighted by atomic mass is 35.5. The fourth-order valence-corrected chi connectivity index (χ4v) is 2.17. The van der Waals surface area contributed by atoms with E-state index in [0.29, 0.717) is 28.6 Å². The van der Waals surface area contributed by atoms with Crippen LogP contribution in [-0.4, -0.2) is 31.3 Å². The van der Waals surface area contributed by atoms with Crippen LogP contribution < -0.4 is 9.47 Å². The number of hydrogen-bond donors (Lipinski definition) is 0. The predicted molar refractivity (Wildman–Crippen MR) is 80.2 cm³/mol. The Morgan fingerprint density at radius 1 is 1.29 bits per heavy atom. The van der Waals surface area contributed by atoms with Crippen molar-refractivity contribution in [2.24, 2.45) is 0 Å². The molecule has 6 heteroatoms. The van der Waals surface area contributed by atoms with Crippen LogP contribution >= 0.6 is 11.6 Å². The highest BCUT2D eigenvalue weighted by molar-refractivity contribution is 6.32. The van der Waals surface area contributed by atoms with Gasteiger partial charge in [-0.15, -0.1) is 0 Å². The highest BCUT2D eigenvalue weighted by Crippen LogP contribution is 2.34. The van der Waals surface area contributed by atoms with Gasteiger partial charge in [-0.3, -0.25) is 4.98 Å². The minimum absolute atomic E-state index is 0.155. The van der Waals surface area contributed by atoms with Gasteiger partial charge >= 0.3 is 5.97 Å². The van der Waals surface area contributed by atoms with Crippen molar-refractivity contribution in [3.8, 4) is 11.5 Å². The molecular weight excluding hydrogens is 294 g/mol. The van der Waals surface area contributed by atoms with E-state index in [1.165, 1.54) is 7.11 Å². The minimum Gasteiger partial charge on any atom is -0.495 e. The molecule has 0 aliphatic rings. The molecule has 0 aliphatic carbocycles. The molecule has 0 radical (unpaired) electrons. The maximum absolute atomic E-state index is 11.4. The lowest BCUT2D eigenvalue weighted by Gasteiger charge is -2.11. The Kier molecular flexibility index (Phi) is 4.85. The number of pyridine rings is 1. The Labute approximate surface area is 127 Å². The van der Waals surface area contributed by atoms with Crippen molar-refractivity contribution in [1.29, 1.82) is 0 Å². The fourth-order valence-electron chi connectivity index (χ4n) is 1.94. The van der Waals surface area contributed by atoms with Crippen LogP contribution in [0.5, 0.6) is 11.5 Å². The van der Waals surface area contributed by atoms with E-state index in [1.807, 2.05) is 6.92 Å². The van der Waals surface area contributed by atoms with Gasteiger partial charge < -0.3 is 14.2 Å². The number of hydrogen-bond acceptors (Lipinski definition) is 5.